The molecular formula is C50H88O9P2. The molecule has 0 spiro atoms. The van der Waals surface area contributed by atoms with Crippen LogP contribution in [-0.4, -0.2) is 64.9 Å². The van der Waals surface area contributed by atoms with Crippen molar-refractivity contribution in [3.63, 3.8) is 0 Å². The predicted octanol–water partition coefficient (Wildman–Crippen LogP) is 11.5. The van der Waals surface area contributed by atoms with Crippen molar-refractivity contribution in [3.8, 4) is 0 Å². The van der Waals surface area contributed by atoms with Crippen LogP contribution in [0.1, 0.15) is 165 Å². The lowest BCUT2D eigenvalue weighted by atomic mass is 9.51. The molecule has 352 valence electrons. The minimum Gasteiger partial charge on any atom is -0.395 e. The number of aliphatic hydroxyl groups excluding tert-OH is 3. The van der Waals surface area contributed by atoms with Gasteiger partial charge in [-0.25, -0.2) is 4.31 Å². The average molecular weight is 895 g/mol. The molecule has 0 heterocycles. The highest BCUT2D eigenvalue weighted by molar-refractivity contribution is 7.53. The minimum absolute atomic E-state index is 0.0553. The Morgan fingerprint density at radius 3 is 1.03 bits per heavy atom. The smallest absolute Gasteiger partial charge is 0.334 e. The molecule has 3 rings (SSSR count). The number of hydrogen-bond acceptors (Lipinski definition) is 9. The van der Waals surface area contributed by atoms with E-state index in [0.29, 0.717) is 36.0 Å². The average Bonchev–Trinajstić information content (AvgIpc) is 3.05. The molecule has 4 unspecified atom stereocenters. The van der Waals surface area contributed by atoms with Crippen LogP contribution in [0, 0.1) is 54.1 Å². The molecule has 8 N–H and O–H groups in total. The third kappa shape index (κ3) is 11.3. The van der Waals surface area contributed by atoms with Crippen LogP contribution in [0.5, 0.6) is 0 Å². The molecular weight excluding hydrogens is 806 g/mol. The zero-order chi connectivity index (χ0) is 48.2. The second-order valence-corrected chi connectivity index (χ2v) is 26.8. The van der Waals surface area contributed by atoms with E-state index < -0.39 is 47.5 Å². The van der Waals surface area contributed by atoms with Gasteiger partial charge in [-0.1, -0.05) is 199 Å². The first-order valence-corrected chi connectivity index (χ1v) is 24.2. The Morgan fingerprint density at radius 1 is 0.525 bits per heavy atom. The molecule has 3 aliphatic carbocycles. The number of hydrogen-bond donors (Lipinski definition) is 8. The molecule has 0 saturated heterocycles. The van der Waals surface area contributed by atoms with E-state index in [2.05, 4.69) is 180 Å². The first-order valence-electron chi connectivity index (χ1n) is 21.9. The van der Waals surface area contributed by atoms with E-state index in [1.165, 1.54) is 0 Å². The first kappa shape index (κ1) is 56.1. The number of aliphatic hydroxyl groups is 4. The second-order valence-electron chi connectivity index (χ2n) is 25.2. The van der Waals surface area contributed by atoms with Crippen LogP contribution in [-0.2, 0) is 4.31 Å². The SMILES string of the molecule is CC(C)(C)C1=C(C(O)C(CO)(CO)C(O)(C2=C(C(C)(C)C)CC(C)(C(C)(C)C)C=C2)C2=C(C(C)(C)C)CC(C)(C(C)(C)C)C=C2)C=CC(C)(C(C)(C)C)C1.OP(O)OP(O)O. The Bertz CT molecular complexity index is 1670. The van der Waals surface area contributed by atoms with Crippen molar-refractivity contribution in [1.82, 2.24) is 0 Å². The van der Waals surface area contributed by atoms with Crippen molar-refractivity contribution in [3.05, 3.63) is 69.9 Å². The van der Waals surface area contributed by atoms with E-state index in [4.69, 9.17) is 19.6 Å². The van der Waals surface area contributed by atoms with Crippen molar-refractivity contribution in [2.24, 2.45) is 54.1 Å². The topological polar surface area (TPSA) is 171 Å². The van der Waals surface area contributed by atoms with E-state index in [-0.39, 0.29) is 48.7 Å². The van der Waals surface area contributed by atoms with Crippen LogP contribution in [0.25, 0.3) is 0 Å². The summed E-state index contributed by atoms with van der Waals surface area (Å²) in [5.74, 6) is 0. The molecule has 11 heteroatoms. The van der Waals surface area contributed by atoms with E-state index in [1.54, 1.807) is 0 Å². The quantitative estimate of drug-likeness (QED) is 0.105. The predicted molar refractivity (Wildman–Crippen MR) is 255 cm³/mol. The molecule has 3 aliphatic rings. The van der Waals surface area contributed by atoms with Crippen molar-refractivity contribution in [1.29, 1.82) is 0 Å². The molecule has 61 heavy (non-hydrogen) atoms. The van der Waals surface area contributed by atoms with Crippen LogP contribution in [0.2, 0.25) is 0 Å². The molecule has 0 fully saturated rings. The monoisotopic (exact) mass is 895 g/mol. The third-order valence-corrected chi connectivity index (χ3v) is 16.6. The van der Waals surface area contributed by atoms with Gasteiger partial charge in [0.2, 0.25) is 0 Å². The van der Waals surface area contributed by atoms with Crippen LogP contribution in [0.4, 0.5) is 0 Å². The Morgan fingerprint density at radius 2 is 0.803 bits per heavy atom. The van der Waals surface area contributed by atoms with Crippen LogP contribution >= 0.6 is 17.2 Å². The van der Waals surface area contributed by atoms with E-state index in [1.807, 2.05) is 6.08 Å². The summed E-state index contributed by atoms with van der Waals surface area (Å²) in [6.45, 7) is 45.7. The van der Waals surface area contributed by atoms with Gasteiger partial charge in [0.1, 0.15) is 5.60 Å². The van der Waals surface area contributed by atoms with Gasteiger partial charge in [-0.15, -0.1) is 0 Å². The third-order valence-electron chi connectivity index (χ3n) is 15.4. The minimum atomic E-state index is -2.61. The Hall–Kier alpha value is -1.06. The summed E-state index contributed by atoms with van der Waals surface area (Å²) in [5, 5.41) is 51.7. The van der Waals surface area contributed by atoms with E-state index in [0.717, 1.165) is 16.7 Å². The highest BCUT2D eigenvalue weighted by Gasteiger charge is 2.62. The maximum absolute atomic E-state index is 14.5. The van der Waals surface area contributed by atoms with Crippen molar-refractivity contribution < 1.29 is 44.3 Å². The summed E-state index contributed by atoms with van der Waals surface area (Å²) in [5.41, 5.74) is -0.471. The van der Waals surface area contributed by atoms with Crippen molar-refractivity contribution >= 4 is 17.2 Å². The van der Waals surface area contributed by atoms with Gasteiger partial charge in [0.25, 0.3) is 0 Å². The van der Waals surface area contributed by atoms with Gasteiger partial charge in [-0.3, -0.25) is 0 Å². The lowest BCUT2D eigenvalue weighted by molar-refractivity contribution is -0.138. The summed E-state index contributed by atoms with van der Waals surface area (Å²) >= 11 is 0. The van der Waals surface area contributed by atoms with Gasteiger partial charge in [0, 0.05) is 0 Å². The highest BCUT2D eigenvalue weighted by atomic mass is 31.2. The van der Waals surface area contributed by atoms with Gasteiger partial charge >= 0.3 is 17.2 Å². The lowest BCUT2D eigenvalue weighted by Crippen LogP contribution is -2.63. The molecule has 0 amide bonds. The summed E-state index contributed by atoms with van der Waals surface area (Å²) in [6.07, 6.45) is 13.6. The van der Waals surface area contributed by atoms with Crippen LogP contribution in [0.3, 0.4) is 0 Å². The zero-order valence-corrected chi connectivity index (χ0v) is 43.7. The van der Waals surface area contributed by atoms with Crippen LogP contribution in [0.15, 0.2) is 69.9 Å². The molecule has 0 saturated carbocycles. The van der Waals surface area contributed by atoms with E-state index >= 15 is 0 Å². The standard InChI is InChI=1S/C50H84O4.H4O5P2/c1-40(2,3)36-28-46(19,43(10,11)12)25-22-33(36)39(53)49(31-51,32-52)50(54,34-23-26-47(20,44(13,14)15)29-37(34)41(4,5)6)35-24-27-48(21,45(16,17)18)30-38(35)42(7,8)9;1-6(2)5-7(3)4/h22-27,39,51-54H,28-32H2,1-21H3;1-4H. The van der Waals surface area contributed by atoms with Crippen molar-refractivity contribution in [2.45, 2.75) is 176 Å². The molecule has 0 radical (unpaired) electrons. The second kappa shape index (κ2) is 18.3. The Kier molecular flexibility index (Phi) is 16.8. The normalized spacial score (nSPS) is 26.6. The van der Waals surface area contributed by atoms with Crippen molar-refractivity contribution in [2.75, 3.05) is 13.2 Å². The molecule has 9 nitrogen and oxygen atoms in total. The molecule has 0 aromatic rings. The van der Waals surface area contributed by atoms with Gasteiger partial charge < -0.3 is 40.0 Å². The molecule has 0 bridgehead atoms. The zero-order valence-electron chi connectivity index (χ0n) is 42.0. The molecule has 0 aromatic heterocycles. The van der Waals surface area contributed by atoms with Crippen LogP contribution < -0.4 is 0 Å². The summed E-state index contributed by atoms with van der Waals surface area (Å²) < 4.78 is 3.60. The van der Waals surface area contributed by atoms with Gasteiger partial charge in [-0.2, -0.15) is 0 Å². The summed E-state index contributed by atoms with van der Waals surface area (Å²) in [4.78, 5) is 31.3. The lowest BCUT2D eigenvalue weighted by Gasteiger charge is -2.56. The molecule has 0 aliphatic heterocycles. The fraction of sp³-hybridized carbons (Fsp3) is 0.760. The number of allylic oxidation sites excluding steroid dienone is 6. The maximum Gasteiger partial charge on any atom is 0.334 e. The fourth-order valence-electron chi connectivity index (χ4n) is 8.89. The fourth-order valence-corrected chi connectivity index (χ4v) is 9.41. The molecule has 0 aromatic carbocycles. The van der Waals surface area contributed by atoms with Gasteiger partial charge in [-0.05, 0) is 84.7 Å². The summed E-state index contributed by atoms with van der Waals surface area (Å²) in [7, 11) is -5.22. The summed E-state index contributed by atoms with van der Waals surface area (Å²) in [6, 6.07) is 0. The number of rotatable bonds is 9. The Balaban J connectivity index is 0.00000168. The molecule has 4 atom stereocenters. The van der Waals surface area contributed by atoms with E-state index in [9.17, 15) is 20.4 Å². The largest absolute Gasteiger partial charge is 0.395 e. The Labute approximate surface area is 373 Å². The first-order chi connectivity index (χ1) is 27.0. The highest BCUT2D eigenvalue weighted by Crippen LogP contribution is 2.62. The van der Waals surface area contributed by atoms with Gasteiger partial charge in [0.15, 0.2) is 0 Å². The maximum atomic E-state index is 14.5. The van der Waals surface area contributed by atoms with Gasteiger partial charge in [0.05, 0.1) is 24.7 Å².